The number of esters is 1. The van der Waals surface area contributed by atoms with Crippen molar-refractivity contribution in [2.24, 2.45) is 0 Å². The number of aromatic nitrogens is 4. The third kappa shape index (κ3) is 3.85. The largest absolute Gasteiger partial charge is 0.462 e. The standard InChI is InChI=1S/C20H18N6O3S/c1-2-29-20(28)13-8-14(12-6-4-3-5-7-12)30-19(13)25-15(27)9-26-11-24-16-17(21)22-10-23-18(16)26/h3-8,10-11H,2,9H2,1H3,(H,25,27)(H2,21,22,23). The number of ether oxygens (including phenoxy) is 1. The molecule has 0 aliphatic heterocycles. The minimum atomic E-state index is -0.486. The van der Waals surface area contributed by atoms with Crippen LogP contribution in [0.15, 0.2) is 49.1 Å². The lowest BCUT2D eigenvalue weighted by Crippen LogP contribution is -2.19. The molecule has 152 valence electrons. The highest BCUT2D eigenvalue weighted by atomic mass is 32.1. The van der Waals surface area contributed by atoms with E-state index in [1.165, 1.54) is 24.0 Å². The van der Waals surface area contributed by atoms with E-state index in [4.69, 9.17) is 10.5 Å². The molecule has 0 bridgehead atoms. The maximum atomic E-state index is 12.7. The zero-order valence-electron chi connectivity index (χ0n) is 16.0. The zero-order chi connectivity index (χ0) is 21.1. The van der Waals surface area contributed by atoms with Gasteiger partial charge in [0.15, 0.2) is 11.5 Å². The first-order valence-electron chi connectivity index (χ1n) is 9.14. The number of amides is 1. The summed E-state index contributed by atoms with van der Waals surface area (Å²) in [6.45, 7) is 1.93. The van der Waals surface area contributed by atoms with Crippen molar-refractivity contribution < 1.29 is 14.3 Å². The number of hydrogen-bond donors (Lipinski definition) is 2. The monoisotopic (exact) mass is 422 g/mol. The van der Waals surface area contributed by atoms with Gasteiger partial charge in [0, 0.05) is 4.88 Å². The number of nitrogen functional groups attached to an aromatic ring is 1. The van der Waals surface area contributed by atoms with E-state index < -0.39 is 5.97 Å². The summed E-state index contributed by atoms with van der Waals surface area (Å²) in [5, 5.41) is 3.24. The molecule has 30 heavy (non-hydrogen) atoms. The van der Waals surface area contributed by atoms with Crippen LogP contribution in [-0.4, -0.2) is 38.0 Å². The summed E-state index contributed by atoms with van der Waals surface area (Å²) in [7, 11) is 0. The fourth-order valence-corrected chi connectivity index (χ4v) is 3.99. The Hall–Kier alpha value is -3.79. The Balaban J connectivity index is 1.60. The van der Waals surface area contributed by atoms with Crippen LogP contribution in [0.4, 0.5) is 10.8 Å². The zero-order valence-corrected chi connectivity index (χ0v) is 16.8. The van der Waals surface area contributed by atoms with Gasteiger partial charge in [0.05, 0.1) is 18.5 Å². The third-order valence-corrected chi connectivity index (χ3v) is 5.38. The molecule has 3 heterocycles. The van der Waals surface area contributed by atoms with Crippen molar-refractivity contribution in [1.82, 2.24) is 19.5 Å². The number of hydrogen-bond acceptors (Lipinski definition) is 8. The van der Waals surface area contributed by atoms with Gasteiger partial charge in [-0.2, -0.15) is 0 Å². The number of carbonyl (C=O) groups is 2. The summed E-state index contributed by atoms with van der Waals surface area (Å²) >= 11 is 1.31. The molecule has 10 heteroatoms. The molecule has 0 spiro atoms. The van der Waals surface area contributed by atoms with Crippen LogP contribution in [0.1, 0.15) is 17.3 Å². The van der Waals surface area contributed by atoms with Crippen LogP contribution in [0.25, 0.3) is 21.6 Å². The van der Waals surface area contributed by atoms with E-state index in [2.05, 4.69) is 20.3 Å². The van der Waals surface area contributed by atoms with E-state index in [0.29, 0.717) is 21.7 Å². The molecular weight excluding hydrogens is 404 g/mol. The summed E-state index contributed by atoms with van der Waals surface area (Å²) in [5.41, 5.74) is 7.94. The number of nitrogens with one attached hydrogen (secondary N) is 1. The average Bonchev–Trinajstić information content (AvgIpc) is 3.34. The number of nitrogens with two attached hydrogens (primary N) is 1. The van der Waals surface area contributed by atoms with Crippen molar-refractivity contribution in [3.63, 3.8) is 0 Å². The summed E-state index contributed by atoms with van der Waals surface area (Å²) < 4.78 is 6.71. The summed E-state index contributed by atoms with van der Waals surface area (Å²) in [6, 6.07) is 11.3. The molecule has 0 radical (unpaired) electrons. The molecule has 0 saturated carbocycles. The number of thiophene rings is 1. The molecule has 1 amide bonds. The lowest BCUT2D eigenvalue weighted by molar-refractivity contribution is -0.116. The highest BCUT2D eigenvalue weighted by Gasteiger charge is 2.20. The topological polar surface area (TPSA) is 125 Å². The van der Waals surface area contributed by atoms with Gasteiger partial charge in [0.2, 0.25) is 5.91 Å². The van der Waals surface area contributed by atoms with E-state index in [1.807, 2.05) is 30.3 Å². The van der Waals surface area contributed by atoms with Crippen molar-refractivity contribution in [1.29, 1.82) is 0 Å². The minimum absolute atomic E-state index is 0.0478. The van der Waals surface area contributed by atoms with Gasteiger partial charge in [-0.1, -0.05) is 30.3 Å². The van der Waals surface area contributed by atoms with Crippen molar-refractivity contribution >= 4 is 45.2 Å². The van der Waals surface area contributed by atoms with Crippen LogP contribution in [-0.2, 0) is 16.1 Å². The smallest absolute Gasteiger partial charge is 0.341 e. The maximum Gasteiger partial charge on any atom is 0.341 e. The molecular formula is C20H18N6O3S. The van der Waals surface area contributed by atoms with Crippen LogP contribution < -0.4 is 11.1 Å². The Morgan fingerprint density at radius 1 is 1.20 bits per heavy atom. The first-order valence-corrected chi connectivity index (χ1v) is 9.96. The molecule has 0 aliphatic rings. The van der Waals surface area contributed by atoms with E-state index in [-0.39, 0.29) is 24.9 Å². The molecule has 4 aromatic rings. The van der Waals surface area contributed by atoms with Crippen LogP contribution >= 0.6 is 11.3 Å². The fraction of sp³-hybridized carbons (Fsp3) is 0.150. The number of rotatable bonds is 6. The van der Waals surface area contributed by atoms with Gasteiger partial charge < -0.3 is 20.4 Å². The highest BCUT2D eigenvalue weighted by molar-refractivity contribution is 7.20. The Morgan fingerprint density at radius 2 is 2.00 bits per heavy atom. The second kappa shape index (κ2) is 8.29. The number of nitrogens with zero attached hydrogens (tertiary/aromatic N) is 4. The van der Waals surface area contributed by atoms with Crippen molar-refractivity contribution in [2.75, 3.05) is 17.7 Å². The first-order chi connectivity index (χ1) is 14.6. The Labute approximate surface area is 175 Å². The van der Waals surface area contributed by atoms with Crippen LogP contribution in [0.2, 0.25) is 0 Å². The maximum absolute atomic E-state index is 12.7. The minimum Gasteiger partial charge on any atom is -0.462 e. The number of carbonyl (C=O) groups excluding carboxylic acids is 2. The second-order valence-electron chi connectivity index (χ2n) is 6.29. The number of fused-ring (bicyclic) bond motifs is 1. The molecule has 0 unspecified atom stereocenters. The molecule has 4 rings (SSSR count). The van der Waals surface area contributed by atoms with E-state index >= 15 is 0 Å². The predicted molar refractivity (Wildman–Crippen MR) is 114 cm³/mol. The Morgan fingerprint density at radius 3 is 2.77 bits per heavy atom. The van der Waals surface area contributed by atoms with Crippen molar-refractivity contribution in [2.45, 2.75) is 13.5 Å². The molecule has 1 aromatic carbocycles. The quantitative estimate of drug-likeness (QED) is 0.458. The normalized spacial score (nSPS) is 10.8. The number of benzene rings is 1. The summed E-state index contributed by atoms with van der Waals surface area (Å²) in [4.78, 5) is 38.1. The summed E-state index contributed by atoms with van der Waals surface area (Å²) in [5.74, 6) is -0.576. The van der Waals surface area contributed by atoms with E-state index in [1.54, 1.807) is 17.6 Å². The van der Waals surface area contributed by atoms with Crippen molar-refractivity contribution in [3.05, 3.63) is 54.6 Å². The molecule has 0 saturated heterocycles. The van der Waals surface area contributed by atoms with Gasteiger partial charge in [0.25, 0.3) is 0 Å². The van der Waals surface area contributed by atoms with Gasteiger partial charge in [-0.3, -0.25) is 4.79 Å². The van der Waals surface area contributed by atoms with Gasteiger partial charge in [-0.05, 0) is 18.6 Å². The third-order valence-electron chi connectivity index (χ3n) is 4.28. The molecule has 0 aliphatic carbocycles. The van der Waals surface area contributed by atoms with Gasteiger partial charge in [0.1, 0.15) is 23.4 Å². The summed E-state index contributed by atoms with van der Waals surface area (Å²) in [6.07, 6.45) is 2.80. The average molecular weight is 422 g/mol. The van der Waals surface area contributed by atoms with E-state index in [0.717, 1.165) is 10.4 Å². The van der Waals surface area contributed by atoms with Crippen LogP contribution in [0.5, 0.6) is 0 Å². The number of anilines is 2. The first kappa shape index (κ1) is 19.5. The fourth-order valence-electron chi connectivity index (χ4n) is 2.92. The highest BCUT2D eigenvalue weighted by Crippen LogP contribution is 2.36. The Kier molecular flexibility index (Phi) is 5.40. The van der Waals surface area contributed by atoms with E-state index in [9.17, 15) is 9.59 Å². The molecule has 0 fully saturated rings. The van der Waals surface area contributed by atoms with Gasteiger partial charge in [-0.25, -0.2) is 19.7 Å². The SMILES string of the molecule is CCOC(=O)c1cc(-c2ccccc2)sc1NC(=O)Cn1cnc2c(N)ncnc21. The number of imidazole rings is 1. The molecule has 0 atom stereocenters. The lowest BCUT2D eigenvalue weighted by Gasteiger charge is -2.07. The van der Waals surface area contributed by atoms with Gasteiger partial charge >= 0.3 is 5.97 Å². The predicted octanol–water partition coefficient (Wildman–Crippen LogP) is 2.95. The molecule has 3 N–H and O–H groups in total. The Bertz CT molecular complexity index is 1220. The molecule has 9 nitrogen and oxygen atoms in total. The van der Waals surface area contributed by atoms with Gasteiger partial charge in [-0.15, -0.1) is 11.3 Å². The van der Waals surface area contributed by atoms with Crippen LogP contribution in [0.3, 0.4) is 0 Å². The lowest BCUT2D eigenvalue weighted by atomic mass is 10.1. The molecule has 3 aromatic heterocycles. The van der Waals surface area contributed by atoms with Crippen LogP contribution in [0, 0.1) is 0 Å². The second-order valence-corrected chi connectivity index (χ2v) is 7.34. The van der Waals surface area contributed by atoms with Crippen molar-refractivity contribution in [3.8, 4) is 10.4 Å².